The first-order valence-electron chi connectivity index (χ1n) is 9.77. The predicted molar refractivity (Wildman–Crippen MR) is 112 cm³/mol. The third-order valence-electron chi connectivity index (χ3n) is 4.86. The number of alkyl halides is 3. The van der Waals surface area contributed by atoms with Gasteiger partial charge in [0.15, 0.2) is 0 Å². The highest BCUT2D eigenvalue weighted by molar-refractivity contribution is 5.91. The van der Waals surface area contributed by atoms with E-state index in [1.54, 1.807) is 24.3 Å². The minimum Gasteiger partial charge on any atom is -0.325 e. The maximum absolute atomic E-state index is 13.0. The minimum absolute atomic E-state index is 0.170. The molecule has 1 N–H and O–H groups in total. The van der Waals surface area contributed by atoms with Crippen LogP contribution in [0.4, 0.5) is 18.9 Å². The van der Waals surface area contributed by atoms with Gasteiger partial charge in [-0.2, -0.15) is 13.2 Å². The Morgan fingerprint density at radius 3 is 2.26 bits per heavy atom. The molecule has 6 nitrogen and oxygen atoms in total. The smallest absolute Gasteiger partial charge is 0.325 e. The topological polar surface area (TPSA) is 73.1 Å². The van der Waals surface area contributed by atoms with Gasteiger partial charge in [0.25, 0.3) is 5.56 Å². The van der Waals surface area contributed by atoms with Crippen LogP contribution < -0.4 is 16.6 Å². The van der Waals surface area contributed by atoms with Crippen LogP contribution >= 0.6 is 0 Å². The molecule has 31 heavy (non-hydrogen) atoms. The first-order valence-corrected chi connectivity index (χ1v) is 9.77. The van der Waals surface area contributed by atoms with E-state index in [2.05, 4.69) is 5.32 Å². The Morgan fingerprint density at radius 2 is 1.65 bits per heavy atom. The molecule has 0 unspecified atom stereocenters. The maximum Gasteiger partial charge on any atom is 0.416 e. The van der Waals surface area contributed by atoms with Crippen molar-refractivity contribution in [3.8, 4) is 0 Å². The number of rotatable bonds is 6. The van der Waals surface area contributed by atoms with Crippen LogP contribution in [0, 0.1) is 5.92 Å². The second-order valence-electron chi connectivity index (χ2n) is 7.65. The van der Waals surface area contributed by atoms with Gasteiger partial charge in [-0.25, -0.2) is 4.79 Å². The molecule has 0 aliphatic rings. The number of amides is 1. The van der Waals surface area contributed by atoms with Crippen LogP contribution in [-0.2, 0) is 24.1 Å². The fraction of sp³-hybridized carbons (Fsp3) is 0.318. The van der Waals surface area contributed by atoms with E-state index in [0.29, 0.717) is 17.3 Å². The minimum atomic E-state index is -4.47. The van der Waals surface area contributed by atoms with E-state index in [1.165, 1.54) is 4.57 Å². The number of aromatic nitrogens is 2. The number of anilines is 1. The number of hydrogen-bond acceptors (Lipinski definition) is 3. The van der Waals surface area contributed by atoms with Gasteiger partial charge in [-0.15, -0.1) is 0 Å². The number of fused-ring (bicyclic) bond motifs is 1. The fourth-order valence-corrected chi connectivity index (χ4v) is 3.19. The van der Waals surface area contributed by atoms with Gasteiger partial charge in [0.2, 0.25) is 5.91 Å². The molecule has 3 aromatic rings. The van der Waals surface area contributed by atoms with Crippen molar-refractivity contribution in [1.82, 2.24) is 9.13 Å². The van der Waals surface area contributed by atoms with Gasteiger partial charge in [-0.3, -0.25) is 18.7 Å². The average Bonchev–Trinajstić information content (AvgIpc) is 2.70. The largest absolute Gasteiger partial charge is 0.416 e. The van der Waals surface area contributed by atoms with E-state index in [-0.39, 0.29) is 24.7 Å². The zero-order chi connectivity index (χ0) is 22.8. The number of carbonyl (C=O) groups excluding carboxylic acids is 1. The molecule has 0 spiro atoms. The molecule has 2 aromatic carbocycles. The van der Waals surface area contributed by atoms with Gasteiger partial charge in [-0.05, 0) is 48.7 Å². The van der Waals surface area contributed by atoms with E-state index in [9.17, 15) is 27.6 Å². The Labute approximate surface area is 175 Å². The van der Waals surface area contributed by atoms with Gasteiger partial charge in [0.1, 0.15) is 6.54 Å². The molecule has 0 saturated carbocycles. The Morgan fingerprint density at radius 1 is 1.00 bits per heavy atom. The summed E-state index contributed by atoms with van der Waals surface area (Å²) in [7, 11) is 0. The third kappa shape index (κ3) is 5.04. The van der Waals surface area contributed by atoms with Gasteiger partial charge >= 0.3 is 11.9 Å². The number of nitrogens with one attached hydrogen (secondary N) is 1. The predicted octanol–water partition coefficient (Wildman–Crippen LogP) is 3.87. The van der Waals surface area contributed by atoms with Crippen LogP contribution in [0.3, 0.4) is 0 Å². The Hall–Kier alpha value is -3.36. The number of carbonyl (C=O) groups is 1. The van der Waals surface area contributed by atoms with Gasteiger partial charge in [-0.1, -0.05) is 26.0 Å². The molecule has 0 saturated heterocycles. The molecule has 0 atom stereocenters. The second kappa shape index (κ2) is 8.79. The van der Waals surface area contributed by atoms with Crippen LogP contribution in [0.5, 0.6) is 0 Å². The standard InChI is InChI=1S/C22H22F3N3O3/c1-14(2)11-12-27-20(30)17-5-3-4-6-18(17)28(21(27)31)13-19(29)26-16-9-7-15(8-10-16)22(23,24)25/h3-10,14H,11-13H2,1-2H3,(H,26,29). The lowest BCUT2D eigenvalue weighted by Gasteiger charge is -2.15. The van der Waals surface area contributed by atoms with Crippen molar-refractivity contribution in [1.29, 1.82) is 0 Å². The maximum atomic E-state index is 13.0. The van der Waals surface area contributed by atoms with Crippen LogP contribution in [0.1, 0.15) is 25.8 Å². The van der Waals surface area contributed by atoms with Crippen molar-refractivity contribution in [3.05, 3.63) is 74.9 Å². The fourth-order valence-electron chi connectivity index (χ4n) is 3.19. The summed E-state index contributed by atoms with van der Waals surface area (Å²) in [5.74, 6) is -0.324. The number of halogens is 3. The molecule has 0 bridgehead atoms. The third-order valence-corrected chi connectivity index (χ3v) is 4.86. The number of benzene rings is 2. The molecule has 1 aromatic heterocycles. The second-order valence-corrected chi connectivity index (χ2v) is 7.65. The van der Waals surface area contributed by atoms with E-state index < -0.39 is 28.9 Å². The van der Waals surface area contributed by atoms with Gasteiger partial charge < -0.3 is 5.32 Å². The molecular formula is C22H22F3N3O3. The van der Waals surface area contributed by atoms with Crippen LogP contribution in [0.25, 0.3) is 10.9 Å². The van der Waals surface area contributed by atoms with E-state index in [0.717, 1.165) is 28.8 Å². The van der Waals surface area contributed by atoms with E-state index in [1.807, 2.05) is 13.8 Å². The number of nitrogens with zero attached hydrogens (tertiary/aromatic N) is 2. The zero-order valence-electron chi connectivity index (χ0n) is 17.1. The van der Waals surface area contributed by atoms with Crippen molar-refractivity contribution in [2.45, 2.75) is 39.5 Å². The molecule has 9 heteroatoms. The molecule has 1 heterocycles. The van der Waals surface area contributed by atoms with E-state index >= 15 is 0 Å². The highest BCUT2D eigenvalue weighted by Crippen LogP contribution is 2.29. The van der Waals surface area contributed by atoms with Gasteiger partial charge in [0.05, 0.1) is 16.5 Å². The summed E-state index contributed by atoms with van der Waals surface area (Å²) in [5.41, 5.74) is -1.36. The molecular weight excluding hydrogens is 411 g/mol. The molecule has 1 amide bonds. The summed E-state index contributed by atoms with van der Waals surface area (Å²) in [6, 6.07) is 10.5. The van der Waals surface area contributed by atoms with Crippen molar-refractivity contribution in [2.24, 2.45) is 5.92 Å². The lowest BCUT2D eigenvalue weighted by atomic mass is 10.1. The Balaban J connectivity index is 1.92. The lowest BCUT2D eigenvalue weighted by Crippen LogP contribution is -2.42. The van der Waals surface area contributed by atoms with Crippen molar-refractivity contribution >= 4 is 22.5 Å². The van der Waals surface area contributed by atoms with Crippen molar-refractivity contribution < 1.29 is 18.0 Å². The van der Waals surface area contributed by atoms with Crippen molar-refractivity contribution in [2.75, 3.05) is 5.32 Å². The van der Waals surface area contributed by atoms with E-state index in [4.69, 9.17) is 0 Å². The lowest BCUT2D eigenvalue weighted by molar-refractivity contribution is -0.137. The molecule has 164 valence electrons. The summed E-state index contributed by atoms with van der Waals surface area (Å²) < 4.78 is 40.4. The highest BCUT2D eigenvalue weighted by atomic mass is 19.4. The highest BCUT2D eigenvalue weighted by Gasteiger charge is 2.30. The quantitative estimate of drug-likeness (QED) is 0.642. The number of para-hydroxylation sites is 1. The zero-order valence-corrected chi connectivity index (χ0v) is 17.1. The summed E-state index contributed by atoms with van der Waals surface area (Å²) in [6.45, 7) is 3.78. The van der Waals surface area contributed by atoms with Gasteiger partial charge in [0, 0.05) is 12.2 Å². The van der Waals surface area contributed by atoms with Crippen molar-refractivity contribution in [3.63, 3.8) is 0 Å². The molecule has 3 rings (SSSR count). The summed E-state index contributed by atoms with van der Waals surface area (Å²) in [4.78, 5) is 38.3. The molecule has 0 aliphatic heterocycles. The molecule has 0 aliphatic carbocycles. The Kier molecular flexibility index (Phi) is 6.33. The van der Waals surface area contributed by atoms with Crippen LogP contribution in [-0.4, -0.2) is 15.0 Å². The summed E-state index contributed by atoms with van der Waals surface area (Å²) >= 11 is 0. The first-order chi connectivity index (χ1) is 14.6. The normalized spacial score (nSPS) is 11.8. The summed E-state index contributed by atoms with van der Waals surface area (Å²) in [5, 5.41) is 2.81. The van der Waals surface area contributed by atoms with Crippen LogP contribution in [0.2, 0.25) is 0 Å². The average molecular weight is 433 g/mol. The SMILES string of the molecule is CC(C)CCn1c(=O)c2ccccc2n(CC(=O)Nc2ccc(C(F)(F)F)cc2)c1=O. The first kappa shape index (κ1) is 22.3. The monoisotopic (exact) mass is 433 g/mol. The molecule has 0 radical (unpaired) electrons. The molecule has 0 fully saturated rings. The number of hydrogen-bond donors (Lipinski definition) is 1. The Bertz CT molecular complexity index is 1210. The van der Waals surface area contributed by atoms with Crippen LogP contribution in [0.15, 0.2) is 58.1 Å². The summed E-state index contributed by atoms with van der Waals surface area (Å²) in [6.07, 6.45) is -3.86.